The number of nitrogens with one attached hydrogen (secondary N) is 1. The summed E-state index contributed by atoms with van der Waals surface area (Å²) in [7, 11) is 1.65. The van der Waals surface area contributed by atoms with Crippen molar-refractivity contribution in [2.75, 3.05) is 33.4 Å². The fraction of sp³-hybridized carbons (Fsp3) is 0.391. The molecule has 1 aliphatic rings. The van der Waals surface area contributed by atoms with Crippen LogP contribution < -0.4 is 14.4 Å². The summed E-state index contributed by atoms with van der Waals surface area (Å²) in [6.07, 6.45) is 3.81. The molecule has 1 heterocycles. The third-order valence-electron chi connectivity index (χ3n) is 5.01. The van der Waals surface area contributed by atoms with Crippen molar-refractivity contribution < 1.29 is 14.4 Å². The van der Waals surface area contributed by atoms with E-state index in [1.54, 1.807) is 12.0 Å². The van der Waals surface area contributed by atoms with E-state index in [1.165, 1.54) is 37.9 Å². The number of likely N-dealkylation sites (tertiary alicyclic amines) is 1. The summed E-state index contributed by atoms with van der Waals surface area (Å²) in [5.74, 6) is 8.73. The molecular weight excluding hydrogens is 322 g/mol. The highest BCUT2D eigenvalue weighted by molar-refractivity contribution is 5.39. The van der Waals surface area contributed by atoms with Crippen LogP contribution in [0.4, 0.5) is 0 Å². The number of rotatable bonds is 6. The normalized spacial score (nSPS) is 19.3. The van der Waals surface area contributed by atoms with Gasteiger partial charge < -0.3 is 14.4 Å². The number of quaternary nitrogens is 1. The van der Waals surface area contributed by atoms with E-state index in [4.69, 9.17) is 9.47 Å². The van der Waals surface area contributed by atoms with Gasteiger partial charge in [-0.3, -0.25) is 0 Å². The molecule has 2 aromatic carbocycles. The van der Waals surface area contributed by atoms with Crippen LogP contribution in [0.25, 0.3) is 0 Å². The Hall–Kier alpha value is -2.44. The lowest BCUT2D eigenvalue weighted by atomic mass is 9.90. The Kier molecular flexibility index (Phi) is 6.98. The Morgan fingerprint density at radius 3 is 2.35 bits per heavy atom. The molecular formula is C23H28NO2+. The molecule has 1 aliphatic heterocycles. The maximum Gasteiger partial charge on any atom is 0.162 e. The van der Waals surface area contributed by atoms with Crippen molar-refractivity contribution in [2.45, 2.75) is 19.3 Å². The Morgan fingerprint density at radius 1 is 0.923 bits per heavy atom. The van der Waals surface area contributed by atoms with Crippen LogP contribution in [0.15, 0.2) is 54.6 Å². The molecule has 3 rings (SSSR count). The van der Waals surface area contributed by atoms with Gasteiger partial charge in [0.15, 0.2) is 11.5 Å². The average Bonchev–Trinajstić information content (AvgIpc) is 2.70. The maximum atomic E-state index is 5.69. The van der Waals surface area contributed by atoms with E-state index in [2.05, 4.69) is 42.2 Å². The van der Waals surface area contributed by atoms with Crippen molar-refractivity contribution in [1.82, 2.24) is 0 Å². The van der Waals surface area contributed by atoms with Gasteiger partial charge in [-0.05, 0) is 48.8 Å². The zero-order chi connectivity index (χ0) is 18.0. The molecule has 0 saturated carbocycles. The first kappa shape index (κ1) is 18.4. The highest BCUT2D eigenvalue weighted by atomic mass is 16.5. The van der Waals surface area contributed by atoms with Gasteiger partial charge in [0.2, 0.25) is 0 Å². The maximum absolute atomic E-state index is 5.69. The lowest BCUT2D eigenvalue weighted by Crippen LogP contribution is -3.13. The molecule has 0 spiro atoms. The molecule has 0 radical (unpaired) electrons. The quantitative estimate of drug-likeness (QED) is 0.810. The van der Waals surface area contributed by atoms with E-state index < -0.39 is 0 Å². The minimum Gasteiger partial charge on any atom is -0.493 e. The van der Waals surface area contributed by atoms with E-state index in [-0.39, 0.29) is 0 Å². The van der Waals surface area contributed by atoms with Gasteiger partial charge in [0.05, 0.1) is 20.2 Å². The van der Waals surface area contributed by atoms with Crippen LogP contribution in [-0.4, -0.2) is 33.4 Å². The van der Waals surface area contributed by atoms with Gasteiger partial charge in [0.1, 0.15) is 13.2 Å². The predicted molar refractivity (Wildman–Crippen MR) is 105 cm³/mol. The third-order valence-corrected chi connectivity index (χ3v) is 5.01. The van der Waals surface area contributed by atoms with Gasteiger partial charge in [-0.1, -0.05) is 48.4 Å². The number of methoxy groups -OCH3 is 1. The van der Waals surface area contributed by atoms with Crippen LogP contribution in [0.5, 0.6) is 11.5 Å². The number of hydrogen-bond donors (Lipinski definition) is 1. The largest absolute Gasteiger partial charge is 0.493 e. The van der Waals surface area contributed by atoms with Gasteiger partial charge in [0.25, 0.3) is 0 Å². The molecule has 1 fully saturated rings. The van der Waals surface area contributed by atoms with Crippen LogP contribution >= 0.6 is 0 Å². The summed E-state index contributed by atoms with van der Waals surface area (Å²) in [5, 5.41) is 0. The first-order valence-electron chi connectivity index (χ1n) is 9.44. The zero-order valence-corrected chi connectivity index (χ0v) is 15.5. The van der Waals surface area contributed by atoms with Crippen molar-refractivity contribution in [2.24, 2.45) is 5.92 Å². The fourth-order valence-corrected chi connectivity index (χ4v) is 3.50. The van der Waals surface area contributed by atoms with Crippen molar-refractivity contribution in [1.29, 1.82) is 0 Å². The van der Waals surface area contributed by atoms with E-state index in [0.29, 0.717) is 6.61 Å². The Balaban J connectivity index is 1.36. The molecule has 0 unspecified atom stereocenters. The van der Waals surface area contributed by atoms with E-state index in [9.17, 15) is 0 Å². The minimum atomic E-state index is 0.407. The van der Waals surface area contributed by atoms with E-state index >= 15 is 0 Å². The molecule has 0 aliphatic carbocycles. The Labute approximate surface area is 156 Å². The number of ether oxygens (including phenoxy) is 2. The van der Waals surface area contributed by atoms with Crippen molar-refractivity contribution in [3.05, 3.63) is 60.2 Å². The Morgan fingerprint density at radius 2 is 1.62 bits per heavy atom. The highest BCUT2D eigenvalue weighted by Crippen LogP contribution is 2.25. The predicted octanol–water partition coefficient (Wildman–Crippen LogP) is 2.62. The van der Waals surface area contributed by atoms with Crippen molar-refractivity contribution >= 4 is 0 Å². The smallest absolute Gasteiger partial charge is 0.162 e. The molecule has 136 valence electrons. The van der Waals surface area contributed by atoms with Crippen LogP contribution in [0.3, 0.4) is 0 Å². The molecule has 0 atom stereocenters. The summed E-state index contributed by atoms with van der Waals surface area (Å²) < 4.78 is 11.0. The third kappa shape index (κ3) is 5.54. The van der Waals surface area contributed by atoms with Gasteiger partial charge in [0, 0.05) is 0 Å². The molecule has 0 aromatic heterocycles. The molecule has 0 bridgehead atoms. The van der Waals surface area contributed by atoms with Gasteiger partial charge >= 0.3 is 0 Å². The minimum absolute atomic E-state index is 0.407. The average molecular weight is 350 g/mol. The lowest BCUT2D eigenvalue weighted by Gasteiger charge is -2.28. The molecule has 3 nitrogen and oxygen atoms in total. The summed E-state index contributed by atoms with van der Waals surface area (Å²) in [6, 6.07) is 18.5. The molecule has 1 saturated heterocycles. The fourth-order valence-electron chi connectivity index (χ4n) is 3.50. The van der Waals surface area contributed by atoms with Crippen LogP contribution in [0.2, 0.25) is 0 Å². The molecule has 1 N–H and O–H groups in total. The topological polar surface area (TPSA) is 22.9 Å². The van der Waals surface area contributed by atoms with Crippen molar-refractivity contribution in [3.63, 3.8) is 0 Å². The van der Waals surface area contributed by atoms with Crippen molar-refractivity contribution in [3.8, 4) is 23.3 Å². The number of benzene rings is 2. The highest BCUT2D eigenvalue weighted by Gasteiger charge is 2.21. The Bertz CT molecular complexity index is 725. The molecule has 0 amide bonds. The zero-order valence-electron chi connectivity index (χ0n) is 15.5. The van der Waals surface area contributed by atoms with E-state index in [1.807, 2.05) is 24.3 Å². The molecule has 3 heteroatoms. The van der Waals surface area contributed by atoms with Crippen LogP contribution in [0, 0.1) is 17.8 Å². The SMILES string of the molecule is COc1ccccc1OCC#CC[NH+]1CCC(Cc2ccccc2)CC1. The lowest BCUT2D eigenvalue weighted by molar-refractivity contribution is -0.899. The molecule has 26 heavy (non-hydrogen) atoms. The first-order chi connectivity index (χ1) is 12.8. The second-order valence-corrected chi connectivity index (χ2v) is 6.85. The monoisotopic (exact) mass is 350 g/mol. The van der Waals surface area contributed by atoms with E-state index in [0.717, 1.165) is 24.0 Å². The molecule has 2 aromatic rings. The first-order valence-corrected chi connectivity index (χ1v) is 9.44. The van der Waals surface area contributed by atoms with Gasteiger partial charge in [-0.25, -0.2) is 0 Å². The number of hydrogen-bond acceptors (Lipinski definition) is 2. The second-order valence-electron chi connectivity index (χ2n) is 6.85. The summed E-state index contributed by atoms with van der Waals surface area (Å²) in [6.45, 7) is 3.76. The standard InChI is InChI=1S/C23H27NO2/c1-25-22-11-5-6-12-23(22)26-18-8-7-15-24-16-13-21(14-17-24)19-20-9-3-2-4-10-20/h2-6,9-12,21H,13-19H2,1H3/p+1. The summed E-state index contributed by atoms with van der Waals surface area (Å²) in [5.41, 5.74) is 1.47. The number of piperidine rings is 1. The summed E-state index contributed by atoms with van der Waals surface area (Å²) >= 11 is 0. The van der Waals surface area contributed by atoms with Crippen LogP contribution in [-0.2, 0) is 6.42 Å². The second kappa shape index (κ2) is 9.89. The van der Waals surface area contributed by atoms with Gasteiger partial charge in [-0.2, -0.15) is 0 Å². The van der Waals surface area contributed by atoms with Gasteiger partial charge in [-0.15, -0.1) is 0 Å². The number of para-hydroxylation sites is 2. The van der Waals surface area contributed by atoms with Crippen LogP contribution in [0.1, 0.15) is 18.4 Å². The summed E-state index contributed by atoms with van der Waals surface area (Å²) in [4.78, 5) is 1.60.